The molecule has 7 heteroatoms. The van der Waals surface area contributed by atoms with Crippen molar-refractivity contribution in [2.75, 3.05) is 10.6 Å². The summed E-state index contributed by atoms with van der Waals surface area (Å²) in [5, 5.41) is 11.7. The zero-order valence-electron chi connectivity index (χ0n) is 19.3. The summed E-state index contributed by atoms with van der Waals surface area (Å²) in [4.78, 5) is 18.1. The second kappa shape index (κ2) is 10.4. The quantitative estimate of drug-likeness (QED) is 0.311. The van der Waals surface area contributed by atoms with Gasteiger partial charge in [0.1, 0.15) is 6.04 Å². The number of fused-ring (bicyclic) bond motifs is 1. The number of para-hydroxylation sites is 1. The zero-order chi connectivity index (χ0) is 24.0. The maximum absolute atomic E-state index is 13.4. The summed E-state index contributed by atoms with van der Waals surface area (Å²) in [5.41, 5.74) is 4.34. The Balaban J connectivity index is 1.45. The third kappa shape index (κ3) is 5.36. The van der Waals surface area contributed by atoms with Crippen molar-refractivity contribution in [2.45, 2.75) is 23.9 Å². The van der Waals surface area contributed by atoms with Crippen LogP contribution in [0.15, 0.2) is 113 Å². The molecule has 3 aromatic carbocycles. The highest BCUT2D eigenvalue weighted by Crippen LogP contribution is 2.34. The van der Waals surface area contributed by atoms with Crippen molar-refractivity contribution in [3.05, 3.63) is 119 Å². The molecular formula is C28H25N5OS. The van der Waals surface area contributed by atoms with Crippen LogP contribution < -0.4 is 10.6 Å². The van der Waals surface area contributed by atoms with Crippen molar-refractivity contribution < 1.29 is 4.79 Å². The molecule has 174 valence electrons. The lowest BCUT2D eigenvalue weighted by Crippen LogP contribution is -2.30. The number of nitrogens with zero attached hydrogens (tertiary/aromatic N) is 3. The first-order valence-electron chi connectivity index (χ1n) is 11.4. The monoisotopic (exact) mass is 479 g/mol. The van der Waals surface area contributed by atoms with E-state index < -0.39 is 6.04 Å². The van der Waals surface area contributed by atoms with Gasteiger partial charge in [-0.25, -0.2) is 4.68 Å². The van der Waals surface area contributed by atoms with Crippen LogP contribution in [0.4, 0.5) is 11.6 Å². The highest BCUT2D eigenvalue weighted by atomic mass is 32.2. The molecule has 5 rings (SSSR count). The minimum Gasteiger partial charge on any atom is -0.328 e. The summed E-state index contributed by atoms with van der Waals surface area (Å²) in [7, 11) is 0. The summed E-state index contributed by atoms with van der Waals surface area (Å²) in [6.07, 6.45) is 4.02. The molecule has 1 aromatic heterocycles. The minimum absolute atomic E-state index is 0.177. The van der Waals surface area contributed by atoms with E-state index in [0.717, 1.165) is 22.7 Å². The lowest BCUT2D eigenvalue weighted by Gasteiger charge is -2.26. The van der Waals surface area contributed by atoms with Crippen molar-refractivity contribution in [3.8, 4) is 0 Å². The van der Waals surface area contributed by atoms with Crippen LogP contribution in [0, 0.1) is 0 Å². The van der Waals surface area contributed by atoms with E-state index in [4.69, 9.17) is 10.1 Å². The first-order chi connectivity index (χ1) is 17.2. The summed E-state index contributed by atoms with van der Waals surface area (Å²) >= 11 is 1.57. The fourth-order valence-corrected chi connectivity index (χ4v) is 4.70. The molecule has 1 atom stereocenters. The van der Waals surface area contributed by atoms with E-state index in [1.165, 1.54) is 5.56 Å². The maximum Gasteiger partial charge on any atom is 0.255 e. The summed E-state index contributed by atoms with van der Waals surface area (Å²) in [6.45, 7) is 1.90. The van der Waals surface area contributed by atoms with Crippen molar-refractivity contribution in [1.82, 2.24) is 14.8 Å². The molecule has 0 saturated heterocycles. The fourth-order valence-electron chi connectivity index (χ4n) is 3.91. The molecular weight excluding hydrogens is 454 g/mol. The third-order valence-corrected chi connectivity index (χ3v) is 6.54. The number of aromatic nitrogens is 3. The summed E-state index contributed by atoms with van der Waals surface area (Å²) in [6, 6.07) is 29.3. The van der Waals surface area contributed by atoms with Crippen molar-refractivity contribution in [1.29, 1.82) is 0 Å². The van der Waals surface area contributed by atoms with Crippen molar-refractivity contribution in [3.63, 3.8) is 0 Å². The van der Waals surface area contributed by atoms with Gasteiger partial charge in [-0.3, -0.25) is 4.79 Å². The van der Waals surface area contributed by atoms with E-state index in [0.29, 0.717) is 16.7 Å². The lowest BCUT2D eigenvalue weighted by molar-refractivity contribution is -0.113. The van der Waals surface area contributed by atoms with Gasteiger partial charge in [-0.2, -0.15) is 4.98 Å². The first-order valence-corrected chi connectivity index (χ1v) is 12.4. The second-order valence-corrected chi connectivity index (χ2v) is 9.08. The average Bonchev–Trinajstić information content (AvgIpc) is 3.30. The van der Waals surface area contributed by atoms with Gasteiger partial charge in [0.2, 0.25) is 11.1 Å². The average molecular weight is 480 g/mol. The Morgan fingerprint density at radius 2 is 1.66 bits per heavy atom. The maximum atomic E-state index is 13.4. The largest absolute Gasteiger partial charge is 0.328 e. The Kier molecular flexibility index (Phi) is 6.77. The van der Waals surface area contributed by atoms with Crippen molar-refractivity contribution in [2.24, 2.45) is 0 Å². The number of benzene rings is 3. The van der Waals surface area contributed by atoms with E-state index in [2.05, 4.69) is 22.8 Å². The summed E-state index contributed by atoms with van der Waals surface area (Å²) in [5.74, 6) is 1.21. The Morgan fingerprint density at radius 3 is 2.37 bits per heavy atom. The molecule has 0 fully saturated rings. The van der Waals surface area contributed by atoms with Gasteiger partial charge in [0.05, 0.1) is 5.57 Å². The van der Waals surface area contributed by atoms with Crippen LogP contribution in [-0.2, 0) is 10.5 Å². The topological polar surface area (TPSA) is 71.8 Å². The van der Waals surface area contributed by atoms with Crippen LogP contribution in [0.25, 0.3) is 6.08 Å². The molecule has 2 N–H and O–H groups in total. The zero-order valence-corrected chi connectivity index (χ0v) is 20.1. The second-order valence-electron chi connectivity index (χ2n) is 8.14. The van der Waals surface area contributed by atoms with Crippen LogP contribution in [-0.4, -0.2) is 20.7 Å². The standard InChI is InChI=1S/C28H25N5OS/c1-20-25(26(34)30-23-15-9-4-10-16-23)24(18-17-21-11-5-2-6-12-21)33-27(29-20)31-28(32-33)35-19-22-13-7-3-8-14-22/h2-18,24H,19H2,1H3,(H,30,34)(H,29,31,32)/b18-17+. The SMILES string of the molecule is CC1=C(C(=O)Nc2ccccc2)C(/C=C/c2ccccc2)n2nc(SCc3ccccc3)nc2N1. The number of thioether (sulfide) groups is 1. The number of anilines is 2. The molecule has 1 aliphatic heterocycles. The molecule has 0 spiro atoms. The van der Waals surface area contributed by atoms with E-state index in [9.17, 15) is 4.79 Å². The minimum atomic E-state index is -0.409. The van der Waals surface area contributed by atoms with Gasteiger partial charge >= 0.3 is 0 Å². The Bertz CT molecular complexity index is 1360. The normalized spacial score (nSPS) is 15.1. The number of amides is 1. The highest BCUT2D eigenvalue weighted by molar-refractivity contribution is 7.98. The van der Waals surface area contributed by atoms with Gasteiger partial charge in [0.15, 0.2) is 0 Å². The molecule has 0 radical (unpaired) electrons. The van der Waals surface area contributed by atoms with E-state index >= 15 is 0 Å². The number of carbonyl (C=O) groups is 1. The molecule has 2 heterocycles. The number of rotatable bonds is 7. The van der Waals surface area contributed by atoms with Gasteiger partial charge < -0.3 is 10.6 Å². The van der Waals surface area contributed by atoms with Crippen LogP contribution in [0.5, 0.6) is 0 Å². The first kappa shape index (κ1) is 22.7. The molecule has 4 aromatic rings. The van der Waals surface area contributed by atoms with E-state index in [1.807, 2.05) is 97.9 Å². The summed E-state index contributed by atoms with van der Waals surface area (Å²) < 4.78 is 1.79. The van der Waals surface area contributed by atoms with Gasteiger partial charge in [-0.15, -0.1) is 5.10 Å². The molecule has 6 nitrogen and oxygen atoms in total. The number of hydrogen-bond acceptors (Lipinski definition) is 5. The highest BCUT2D eigenvalue weighted by Gasteiger charge is 2.31. The van der Waals surface area contributed by atoms with Crippen LogP contribution in [0.2, 0.25) is 0 Å². The molecule has 1 unspecified atom stereocenters. The van der Waals surface area contributed by atoms with E-state index in [1.54, 1.807) is 16.4 Å². The smallest absolute Gasteiger partial charge is 0.255 e. The van der Waals surface area contributed by atoms with Crippen LogP contribution in [0.1, 0.15) is 24.1 Å². The van der Waals surface area contributed by atoms with Crippen molar-refractivity contribution >= 4 is 35.4 Å². The molecule has 0 saturated carbocycles. The van der Waals surface area contributed by atoms with Gasteiger partial charge in [0.25, 0.3) is 5.91 Å². The number of nitrogens with one attached hydrogen (secondary N) is 2. The lowest BCUT2D eigenvalue weighted by atomic mass is 10.0. The predicted molar refractivity (Wildman–Crippen MR) is 142 cm³/mol. The number of carbonyl (C=O) groups excluding carboxylic acids is 1. The predicted octanol–water partition coefficient (Wildman–Crippen LogP) is 6.16. The van der Waals surface area contributed by atoms with Crippen LogP contribution in [0.3, 0.4) is 0 Å². The van der Waals surface area contributed by atoms with Gasteiger partial charge in [-0.05, 0) is 30.2 Å². The number of allylic oxidation sites excluding steroid dienone is 2. The van der Waals surface area contributed by atoms with E-state index in [-0.39, 0.29) is 5.91 Å². The molecule has 0 aliphatic carbocycles. The molecule has 1 aliphatic rings. The third-order valence-electron chi connectivity index (χ3n) is 5.63. The number of hydrogen-bond donors (Lipinski definition) is 2. The van der Waals surface area contributed by atoms with Gasteiger partial charge in [-0.1, -0.05) is 103 Å². The Labute approximate surface area is 208 Å². The fraction of sp³-hybridized carbons (Fsp3) is 0.107. The Morgan fingerprint density at radius 1 is 1.00 bits per heavy atom. The van der Waals surface area contributed by atoms with Gasteiger partial charge in [0, 0.05) is 17.1 Å². The van der Waals surface area contributed by atoms with Crippen LogP contribution >= 0.6 is 11.8 Å². The molecule has 0 bridgehead atoms. The molecule has 35 heavy (non-hydrogen) atoms. The Hall–Kier alpha value is -4.10. The molecule has 1 amide bonds.